The summed E-state index contributed by atoms with van der Waals surface area (Å²) >= 11 is 0. The van der Waals surface area contributed by atoms with E-state index < -0.39 is 5.97 Å². The third-order valence-corrected chi connectivity index (χ3v) is 4.02. The van der Waals surface area contributed by atoms with E-state index in [1.165, 1.54) is 7.11 Å². The van der Waals surface area contributed by atoms with Crippen LogP contribution in [0.5, 0.6) is 0 Å². The fourth-order valence-corrected chi connectivity index (χ4v) is 2.83. The second-order valence-electron chi connectivity index (χ2n) is 5.39. The van der Waals surface area contributed by atoms with Crippen LogP contribution in [0.15, 0.2) is 49.0 Å². The molecule has 2 aromatic carbocycles. The standard InChI is InChI=1S/C20H21NO3/c1-4-14-7-6-8-15(11-14)17(5-2)18-10-9-16(20(23)24-3)12-19(18)21-13-22/h4,6-13,17H,1,5H2,2-3H3,(H,21,22). The molecule has 0 fully saturated rings. The lowest BCUT2D eigenvalue weighted by Gasteiger charge is -2.20. The van der Waals surface area contributed by atoms with E-state index in [2.05, 4.69) is 31.0 Å². The number of hydrogen-bond donors (Lipinski definition) is 1. The summed E-state index contributed by atoms with van der Waals surface area (Å²) in [5.74, 6) is -0.337. The number of ether oxygens (including phenoxy) is 1. The number of amides is 1. The van der Waals surface area contributed by atoms with Gasteiger partial charge in [0.25, 0.3) is 0 Å². The topological polar surface area (TPSA) is 55.4 Å². The van der Waals surface area contributed by atoms with Gasteiger partial charge in [0.15, 0.2) is 0 Å². The van der Waals surface area contributed by atoms with Crippen LogP contribution in [0.4, 0.5) is 5.69 Å². The highest BCUT2D eigenvalue weighted by Gasteiger charge is 2.18. The second-order valence-corrected chi connectivity index (χ2v) is 5.39. The summed E-state index contributed by atoms with van der Waals surface area (Å²) in [6.07, 6.45) is 3.28. The van der Waals surface area contributed by atoms with E-state index in [9.17, 15) is 9.59 Å². The molecule has 0 aliphatic rings. The smallest absolute Gasteiger partial charge is 0.337 e. The van der Waals surface area contributed by atoms with Crippen molar-refractivity contribution in [2.45, 2.75) is 19.3 Å². The SMILES string of the molecule is C=Cc1cccc(C(CC)c2ccc(C(=O)OC)cc2NC=O)c1. The molecule has 1 atom stereocenters. The Labute approximate surface area is 142 Å². The van der Waals surface area contributed by atoms with Gasteiger partial charge in [-0.25, -0.2) is 4.79 Å². The molecule has 1 unspecified atom stereocenters. The minimum Gasteiger partial charge on any atom is -0.465 e. The molecule has 0 aliphatic heterocycles. The molecule has 0 saturated carbocycles. The highest BCUT2D eigenvalue weighted by atomic mass is 16.5. The molecule has 2 rings (SSSR count). The molecule has 0 radical (unpaired) electrons. The van der Waals surface area contributed by atoms with Gasteiger partial charge in [-0.3, -0.25) is 4.79 Å². The van der Waals surface area contributed by atoms with Crippen LogP contribution >= 0.6 is 0 Å². The maximum atomic E-state index is 11.7. The van der Waals surface area contributed by atoms with Gasteiger partial charge in [0.2, 0.25) is 6.41 Å². The van der Waals surface area contributed by atoms with Crippen molar-refractivity contribution in [2.24, 2.45) is 0 Å². The van der Waals surface area contributed by atoms with Crippen molar-refractivity contribution in [3.8, 4) is 0 Å². The van der Waals surface area contributed by atoms with Crippen molar-refractivity contribution in [2.75, 3.05) is 12.4 Å². The van der Waals surface area contributed by atoms with E-state index in [4.69, 9.17) is 4.74 Å². The Bertz CT molecular complexity index is 752. The number of rotatable bonds is 7. The van der Waals surface area contributed by atoms with Crippen molar-refractivity contribution < 1.29 is 14.3 Å². The van der Waals surface area contributed by atoms with E-state index >= 15 is 0 Å². The summed E-state index contributed by atoms with van der Waals surface area (Å²) in [6, 6.07) is 13.4. The first kappa shape index (κ1) is 17.5. The van der Waals surface area contributed by atoms with Crippen LogP contribution in [-0.4, -0.2) is 19.5 Å². The first-order valence-corrected chi connectivity index (χ1v) is 7.79. The number of benzene rings is 2. The molecular weight excluding hydrogens is 302 g/mol. The Hall–Kier alpha value is -2.88. The minimum atomic E-state index is -0.433. The zero-order chi connectivity index (χ0) is 17.5. The lowest BCUT2D eigenvalue weighted by Crippen LogP contribution is -2.09. The first-order chi connectivity index (χ1) is 11.6. The number of carbonyl (C=O) groups excluding carboxylic acids is 2. The van der Waals surface area contributed by atoms with Gasteiger partial charge < -0.3 is 10.1 Å². The van der Waals surface area contributed by atoms with Crippen LogP contribution in [0.25, 0.3) is 6.08 Å². The fourth-order valence-electron chi connectivity index (χ4n) is 2.83. The van der Waals surface area contributed by atoms with Crippen molar-refractivity contribution >= 4 is 24.1 Å². The third kappa shape index (κ3) is 3.71. The molecule has 0 saturated heterocycles. The van der Waals surface area contributed by atoms with Gasteiger partial charge in [-0.1, -0.05) is 49.9 Å². The number of methoxy groups -OCH3 is 1. The Balaban J connectivity index is 2.51. The van der Waals surface area contributed by atoms with E-state index in [-0.39, 0.29) is 5.92 Å². The van der Waals surface area contributed by atoms with Crippen molar-refractivity contribution in [3.05, 3.63) is 71.3 Å². The van der Waals surface area contributed by atoms with Crippen LogP contribution in [0.1, 0.15) is 46.3 Å². The van der Waals surface area contributed by atoms with Crippen molar-refractivity contribution in [1.29, 1.82) is 0 Å². The largest absolute Gasteiger partial charge is 0.465 e. The molecule has 2 aromatic rings. The normalized spacial score (nSPS) is 11.4. The van der Waals surface area contributed by atoms with Gasteiger partial charge in [0, 0.05) is 11.6 Å². The Kier molecular flexibility index (Phi) is 5.90. The van der Waals surface area contributed by atoms with Gasteiger partial charge in [-0.2, -0.15) is 0 Å². The Morgan fingerprint density at radius 2 is 2.08 bits per heavy atom. The van der Waals surface area contributed by atoms with Gasteiger partial charge in [0.1, 0.15) is 0 Å². The van der Waals surface area contributed by atoms with Gasteiger partial charge in [-0.15, -0.1) is 0 Å². The third-order valence-electron chi connectivity index (χ3n) is 4.02. The monoisotopic (exact) mass is 323 g/mol. The number of hydrogen-bond acceptors (Lipinski definition) is 3. The average molecular weight is 323 g/mol. The average Bonchev–Trinajstić information content (AvgIpc) is 2.63. The molecule has 1 amide bonds. The molecule has 4 heteroatoms. The summed E-state index contributed by atoms with van der Waals surface area (Å²) in [7, 11) is 1.33. The van der Waals surface area contributed by atoms with Gasteiger partial charge in [0.05, 0.1) is 12.7 Å². The highest BCUT2D eigenvalue weighted by Crippen LogP contribution is 2.34. The number of carbonyl (C=O) groups is 2. The fraction of sp³-hybridized carbons (Fsp3) is 0.200. The van der Waals surface area contributed by atoms with Crippen LogP contribution in [0, 0.1) is 0 Å². The molecule has 0 heterocycles. The highest BCUT2D eigenvalue weighted by molar-refractivity contribution is 5.91. The van der Waals surface area contributed by atoms with Crippen molar-refractivity contribution in [1.82, 2.24) is 0 Å². The predicted molar refractivity (Wildman–Crippen MR) is 96.1 cm³/mol. The zero-order valence-electron chi connectivity index (χ0n) is 13.9. The van der Waals surface area contributed by atoms with Crippen LogP contribution in [0.2, 0.25) is 0 Å². The van der Waals surface area contributed by atoms with Crippen LogP contribution in [-0.2, 0) is 9.53 Å². The molecule has 0 bridgehead atoms. The zero-order valence-corrected chi connectivity index (χ0v) is 13.9. The van der Waals surface area contributed by atoms with Crippen LogP contribution in [0.3, 0.4) is 0 Å². The lowest BCUT2D eigenvalue weighted by molar-refractivity contribution is -0.105. The second kappa shape index (κ2) is 8.11. The molecule has 1 N–H and O–H groups in total. The number of anilines is 1. The lowest BCUT2D eigenvalue weighted by atomic mass is 9.86. The number of esters is 1. The molecule has 0 aliphatic carbocycles. The first-order valence-electron chi connectivity index (χ1n) is 7.79. The van der Waals surface area contributed by atoms with Crippen molar-refractivity contribution in [3.63, 3.8) is 0 Å². The maximum absolute atomic E-state index is 11.7. The molecule has 4 nitrogen and oxygen atoms in total. The molecule has 0 aromatic heterocycles. The van der Waals surface area contributed by atoms with Gasteiger partial charge in [-0.05, 0) is 35.2 Å². The van der Waals surface area contributed by atoms with E-state index in [0.29, 0.717) is 17.7 Å². The quantitative estimate of drug-likeness (QED) is 0.613. The summed E-state index contributed by atoms with van der Waals surface area (Å²) in [5, 5.41) is 2.70. The molecule has 124 valence electrons. The Morgan fingerprint density at radius 3 is 2.71 bits per heavy atom. The van der Waals surface area contributed by atoms with E-state index in [0.717, 1.165) is 23.1 Å². The van der Waals surface area contributed by atoms with E-state index in [1.54, 1.807) is 18.2 Å². The summed E-state index contributed by atoms with van der Waals surface area (Å²) in [5.41, 5.74) is 4.15. The Morgan fingerprint density at radius 1 is 1.29 bits per heavy atom. The maximum Gasteiger partial charge on any atom is 0.337 e. The molecule has 24 heavy (non-hydrogen) atoms. The van der Waals surface area contributed by atoms with E-state index in [1.807, 2.05) is 18.2 Å². The van der Waals surface area contributed by atoms with Crippen LogP contribution < -0.4 is 5.32 Å². The molecule has 0 spiro atoms. The number of nitrogens with one attached hydrogen (secondary N) is 1. The molecular formula is C20H21NO3. The summed E-state index contributed by atoms with van der Waals surface area (Å²) in [4.78, 5) is 22.7. The predicted octanol–water partition coefficient (Wildman–Crippen LogP) is 4.23. The summed E-state index contributed by atoms with van der Waals surface area (Å²) in [6.45, 7) is 5.89. The summed E-state index contributed by atoms with van der Waals surface area (Å²) < 4.78 is 4.74. The minimum absolute atomic E-state index is 0.0963. The van der Waals surface area contributed by atoms with Gasteiger partial charge >= 0.3 is 5.97 Å².